The SMILES string of the molecule is CC(=O)C1=C(C)NC(=O)NC1c1ccc(Sc2cccc(F)c2)cc1. The molecule has 2 aromatic carbocycles. The summed E-state index contributed by atoms with van der Waals surface area (Å²) in [6, 6.07) is 13.1. The number of allylic oxidation sites excluding steroid dienone is 1. The molecule has 0 saturated carbocycles. The van der Waals surface area contributed by atoms with Crippen LogP contribution in [0.4, 0.5) is 9.18 Å². The van der Waals surface area contributed by atoms with Gasteiger partial charge in [0.25, 0.3) is 0 Å². The molecule has 1 heterocycles. The molecule has 1 unspecified atom stereocenters. The molecule has 2 N–H and O–H groups in total. The first kappa shape index (κ1) is 17.2. The topological polar surface area (TPSA) is 58.2 Å². The maximum Gasteiger partial charge on any atom is 0.319 e. The molecule has 0 saturated heterocycles. The van der Waals surface area contributed by atoms with Crippen LogP contribution in [0.3, 0.4) is 0 Å². The summed E-state index contributed by atoms with van der Waals surface area (Å²) in [6.07, 6.45) is 0. The first-order valence-electron chi connectivity index (χ1n) is 7.76. The molecule has 6 heteroatoms. The minimum Gasteiger partial charge on any atom is -0.327 e. The Kier molecular flexibility index (Phi) is 4.90. The van der Waals surface area contributed by atoms with E-state index in [2.05, 4.69) is 10.6 Å². The summed E-state index contributed by atoms with van der Waals surface area (Å²) in [4.78, 5) is 25.5. The van der Waals surface area contributed by atoms with Gasteiger partial charge in [-0.15, -0.1) is 0 Å². The second-order valence-electron chi connectivity index (χ2n) is 5.75. The molecule has 3 rings (SSSR count). The molecule has 128 valence electrons. The number of halogens is 1. The van der Waals surface area contributed by atoms with E-state index in [-0.39, 0.29) is 17.6 Å². The van der Waals surface area contributed by atoms with Crippen LogP contribution in [0.15, 0.2) is 69.6 Å². The summed E-state index contributed by atoms with van der Waals surface area (Å²) >= 11 is 1.45. The van der Waals surface area contributed by atoms with Gasteiger partial charge in [-0.2, -0.15) is 0 Å². The number of hydrogen-bond donors (Lipinski definition) is 2. The first-order valence-corrected chi connectivity index (χ1v) is 8.58. The molecular weight excluding hydrogens is 339 g/mol. The highest BCUT2D eigenvalue weighted by atomic mass is 32.2. The monoisotopic (exact) mass is 356 g/mol. The van der Waals surface area contributed by atoms with Crippen molar-refractivity contribution in [1.29, 1.82) is 0 Å². The number of amides is 2. The predicted octanol–water partition coefficient (Wildman–Crippen LogP) is 4.19. The maximum atomic E-state index is 13.3. The van der Waals surface area contributed by atoms with Crippen molar-refractivity contribution in [3.8, 4) is 0 Å². The van der Waals surface area contributed by atoms with E-state index in [0.29, 0.717) is 11.3 Å². The van der Waals surface area contributed by atoms with Gasteiger partial charge in [0.05, 0.1) is 6.04 Å². The minimum absolute atomic E-state index is 0.0896. The van der Waals surface area contributed by atoms with Gasteiger partial charge in [0, 0.05) is 21.1 Å². The van der Waals surface area contributed by atoms with Crippen molar-refractivity contribution in [2.24, 2.45) is 0 Å². The van der Waals surface area contributed by atoms with Crippen molar-refractivity contribution in [1.82, 2.24) is 10.6 Å². The van der Waals surface area contributed by atoms with Crippen molar-refractivity contribution >= 4 is 23.6 Å². The normalized spacial score (nSPS) is 17.1. The molecule has 0 spiro atoms. The second kappa shape index (κ2) is 7.11. The fraction of sp³-hybridized carbons (Fsp3) is 0.158. The van der Waals surface area contributed by atoms with E-state index in [9.17, 15) is 14.0 Å². The Labute approximate surface area is 149 Å². The number of hydrogen-bond acceptors (Lipinski definition) is 3. The summed E-state index contributed by atoms with van der Waals surface area (Å²) < 4.78 is 13.3. The molecule has 2 amide bonds. The second-order valence-corrected chi connectivity index (χ2v) is 6.90. The Morgan fingerprint density at radius 1 is 1.12 bits per heavy atom. The zero-order valence-electron chi connectivity index (χ0n) is 13.8. The van der Waals surface area contributed by atoms with Crippen LogP contribution in [0.25, 0.3) is 0 Å². The summed E-state index contributed by atoms with van der Waals surface area (Å²) in [5.74, 6) is -0.362. The molecule has 2 aromatic rings. The third kappa shape index (κ3) is 3.91. The van der Waals surface area contributed by atoms with Gasteiger partial charge in [-0.25, -0.2) is 9.18 Å². The van der Waals surface area contributed by atoms with E-state index < -0.39 is 6.04 Å². The molecule has 1 aliphatic rings. The number of ketones is 1. The third-order valence-corrected chi connectivity index (χ3v) is 4.89. The summed E-state index contributed by atoms with van der Waals surface area (Å²) in [6.45, 7) is 3.20. The predicted molar refractivity (Wildman–Crippen MR) is 94.8 cm³/mol. The van der Waals surface area contributed by atoms with Gasteiger partial charge in [-0.3, -0.25) is 4.79 Å². The average Bonchev–Trinajstić information content (AvgIpc) is 2.54. The zero-order chi connectivity index (χ0) is 18.0. The number of benzene rings is 2. The Morgan fingerprint density at radius 2 is 1.84 bits per heavy atom. The van der Waals surface area contributed by atoms with Crippen LogP contribution in [-0.2, 0) is 4.79 Å². The van der Waals surface area contributed by atoms with Gasteiger partial charge in [-0.1, -0.05) is 30.0 Å². The number of nitrogens with one attached hydrogen (secondary N) is 2. The van der Waals surface area contributed by atoms with Gasteiger partial charge < -0.3 is 10.6 Å². The smallest absolute Gasteiger partial charge is 0.319 e. The number of rotatable bonds is 4. The van der Waals surface area contributed by atoms with Crippen LogP contribution < -0.4 is 10.6 Å². The lowest BCUT2D eigenvalue weighted by molar-refractivity contribution is -0.114. The van der Waals surface area contributed by atoms with Gasteiger partial charge >= 0.3 is 6.03 Å². The molecule has 25 heavy (non-hydrogen) atoms. The molecule has 0 fully saturated rings. The molecular formula is C19H17FN2O2S. The van der Waals surface area contributed by atoms with Crippen LogP contribution in [0.5, 0.6) is 0 Å². The molecule has 4 nitrogen and oxygen atoms in total. The van der Waals surface area contributed by atoms with Crippen molar-refractivity contribution in [2.45, 2.75) is 29.7 Å². The quantitative estimate of drug-likeness (QED) is 0.863. The molecule has 0 aromatic heterocycles. The Balaban J connectivity index is 1.85. The van der Waals surface area contributed by atoms with Crippen molar-refractivity contribution in [3.63, 3.8) is 0 Å². The van der Waals surface area contributed by atoms with Crippen molar-refractivity contribution in [2.75, 3.05) is 0 Å². The number of urea groups is 1. The van der Waals surface area contributed by atoms with E-state index in [1.54, 1.807) is 13.0 Å². The van der Waals surface area contributed by atoms with Gasteiger partial charge in [0.15, 0.2) is 5.78 Å². The largest absolute Gasteiger partial charge is 0.327 e. The highest BCUT2D eigenvalue weighted by Gasteiger charge is 2.28. The fourth-order valence-corrected chi connectivity index (χ4v) is 3.67. The molecule has 0 bridgehead atoms. The van der Waals surface area contributed by atoms with Gasteiger partial charge in [0.2, 0.25) is 0 Å². The van der Waals surface area contributed by atoms with E-state index in [1.165, 1.54) is 30.8 Å². The third-order valence-electron chi connectivity index (χ3n) is 3.89. The van der Waals surface area contributed by atoms with Crippen LogP contribution in [0, 0.1) is 5.82 Å². The lowest BCUT2D eigenvalue weighted by Gasteiger charge is -2.28. The Bertz CT molecular complexity index is 862. The average molecular weight is 356 g/mol. The highest BCUT2D eigenvalue weighted by Crippen LogP contribution is 2.31. The number of carbonyl (C=O) groups is 2. The van der Waals surface area contributed by atoms with E-state index in [1.807, 2.05) is 30.3 Å². The molecule has 1 aliphatic heterocycles. The van der Waals surface area contributed by atoms with E-state index >= 15 is 0 Å². The Hall–Kier alpha value is -2.60. The summed E-state index contributed by atoms with van der Waals surface area (Å²) in [7, 11) is 0. The first-order chi connectivity index (χ1) is 11.9. The minimum atomic E-state index is -0.473. The molecule has 1 atom stereocenters. The maximum absolute atomic E-state index is 13.3. The Morgan fingerprint density at radius 3 is 2.48 bits per heavy atom. The van der Waals surface area contributed by atoms with Crippen molar-refractivity contribution in [3.05, 3.63) is 71.2 Å². The summed E-state index contributed by atoms with van der Waals surface area (Å²) in [5, 5.41) is 5.41. The van der Waals surface area contributed by atoms with Gasteiger partial charge in [-0.05, 0) is 49.7 Å². The lowest BCUT2D eigenvalue weighted by Crippen LogP contribution is -2.44. The number of Topliss-reactive ketones (excluding diaryl/α,β-unsaturated/α-hetero) is 1. The standard InChI is InChI=1S/C19H17FN2O2S/c1-11-17(12(2)23)18(22-19(24)21-11)13-6-8-15(9-7-13)25-16-5-3-4-14(20)10-16/h3-10,18H,1-2H3,(H2,21,22,24). The fourth-order valence-electron chi connectivity index (χ4n) is 2.81. The van der Waals surface area contributed by atoms with E-state index in [0.717, 1.165) is 15.4 Å². The molecule has 0 radical (unpaired) electrons. The van der Waals surface area contributed by atoms with E-state index in [4.69, 9.17) is 0 Å². The van der Waals surface area contributed by atoms with Crippen LogP contribution >= 0.6 is 11.8 Å². The number of carbonyl (C=O) groups excluding carboxylic acids is 2. The molecule has 0 aliphatic carbocycles. The summed E-state index contributed by atoms with van der Waals surface area (Å²) in [5.41, 5.74) is 1.94. The van der Waals surface area contributed by atoms with Crippen LogP contribution in [0.2, 0.25) is 0 Å². The van der Waals surface area contributed by atoms with Crippen LogP contribution in [0.1, 0.15) is 25.5 Å². The lowest BCUT2D eigenvalue weighted by atomic mass is 9.93. The zero-order valence-corrected chi connectivity index (χ0v) is 14.6. The highest BCUT2D eigenvalue weighted by molar-refractivity contribution is 7.99. The van der Waals surface area contributed by atoms with Crippen molar-refractivity contribution < 1.29 is 14.0 Å². The van der Waals surface area contributed by atoms with Crippen LogP contribution in [-0.4, -0.2) is 11.8 Å². The van der Waals surface area contributed by atoms with Gasteiger partial charge in [0.1, 0.15) is 5.82 Å².